The lowest BCUT2D eigenvalue weighted by atomic mass is 10.0. The SMILES string of the molecule is CC[C@@H](Nc1c(C#N)cnc2c(Cl)cc(N[C@H](C3=CN(C4CC4)NN3)c3ccccc3F)cc12)c1ccccc1. The first-order valence-corrected chi connectivity index (χ1v) is 13.8. The standard InChI is InChI=1S/C31H29ClFN7/c1-2-27(19-8-4-3-5-9-19)37-29-20(16-34)17-35-30-24(29)14-21(15-25(30)32)36-31(23-10-6-7-11-26(23)33)28-18-40(39-38-28)22-12-13-22/h3-11,14-15,17-18,22,27,31,36,38-39H,2,12-13H2,1H3,(H,35,37)/t27-,31+/m1/s1. The molecule has 2 aliphatic rings. The molecular weight excluding hydrogens is 525 g/mol. The zero-order chi connectivity index (χ0) is 27.6. The Bertz CT molecular complexity index is 1610. The highest BCUT2D eigenvalue weighted by Gasteiger charge is 2.33. The maximum Gasteiger partial charge on any atom is 0.128 e. The third kappa shape index (κ3) is 5.14. The molecule has 40 heavy (non-hydrogen) atoms. The topological polar surface area (TPSA) is 88.0 Å². The molecule has 0 spiro atoms. The van der Waals surface area contributed by atoms with Gasteiger partial charge in [-0.1, -0.05) is 67.1 Å². The number of nitriles is 1. The van der Waals surface area contributed by atoms with Gasteiger partial charge >= 0.3 is 0 Å². The fourth-order valence-corrected chi connectivity index (χ4v) is 5.37. The molecule has 0 saturated heterocycles. The number of fused-ring (bicyclic) bond motifs is 1. The van der Waals surface area contributed by atoms with Crippen molar-refractivity contribution in [3.05, 3.63) is 112 Å². The predicted molar refractivity (Wildman–Crippen MR) is 157 cm³/mol. The molecule has 3 aromatic carbocycles. The van der Waals surface area contributed by atoms with Gasteiger partial charge in [0, 0.05) is 35.1 Å². The zero-order valence-corrected chi connectivity index (χ0v) is 22.7. The average molecular weight is 554 g/mol. The van der Waals surface area contributed by atoms with Crippen LogP contribution in [0.5, 0.6) is 0 Å². The van der Waals surface area contributed by atoms with E-state index in [9.17, 15) is 5.26 Å². The quantitative estimate of drug-likeness (QED) is 0.178. The number of nitrogens with one attached hydrogen (secondary N) is 4. The number of hydrazine groups is 2. The minimum absolute atomic E-state index is 0.0206. The molecule has 1 aliphatic carbocycles. The van der Waals surface area contributed by atoms with Crippen LogP contribution in [0.1, 0.15) is 55.0 Å². The van der Waals surface area contributed by atoms with Crippen LogP contribution < -0.4 is 21.6 Å². The van der Waals surface area contributed by atoms with Crippen LogP contribution in [0.2, 0.25) is 5.02 Å². The number of benzene rings is 3. The summed E-state index contributed by atoms with van der Waals surface area (Å²) in [5, 5.41) is 20.2. The maximum absolute atomic E-state index is 15.1. The Kier molecular flexibility index (Phi) is 7.16. The van der Waals surface area contributed by atoms with Gasteiger partial charge in [-0.15, -0.1) is 5.53 Å². The average Bonchev–Trinajstić information content (AvgIpc) is 3.72. The Morgan fingerprint density at radius 3 is 2.62 bits per heavy atom. The van der Waals surface area contributed by atoms with Crippen molar-refractivity contribution in [3.8, 4) is 6.07 Å². The Morgan fingerprint density at radius 1 is 1.12 bits per heavy atom. The highest BCUT2D eigenvalue weighted by atomic mass is 35.5. The van der Waals surface area contributed by atoms with Crippen LogP contribution in [-0.4, -0.2) is 16.0 Å². The predicted octanol–water partition coefficient (Wildman–Crippen LogP) is 6.94. The molecule has 0 bridgehead atoms. The molecule has 202 valence electrons. The smallest absolute Gasteiger partial charge is 0.128 e. The van der Waals surface area contributed by atoms with Crippen molar-refractivity contribution < 1.29 is 4.39 Å². The second kappa shape index (κ2) is 11.0. The molecule has 0 radical (unpaired) electrons. The summed E-state index contributed by atoms with van der Waals surface area (Å²) < 4.78 is 15.1. The molecular formula is C31H29ClFN7. The van der Waals surface area contributed by atoms with E-state index in [1.165, 1.54) is 6.07 Å². The van der Waals surface area contributed by atoms with Gasteiger partial charge in [-0.25, -0.2) is 4.39 Å². The monoisotopic (exact) mass is 553 g/mol. The van der Waals surface area contributed by atoms with E-state index in [2.05, 4.69) is 51.7 Å². The van der Waals surface area contributed by atoms with Crippen molar-refractivity contribution in [2.45, 2.75) is 44.3 Å². The van der Waals surface area contributed by atoms with Crippen LogP contribution in [0.4, 0.5) is 15.8 Å². The number of aromatic nitrogens is 1. The van der Waals surface area contributed by atoms with Crippen LogP contribution in [0.15, 0.2) is 84.8 Å². The van der Waals surface area contributed by atoms with Crippen molar-refractivity contribution in [3.63, 3.8) is 0 Å². The first-order valence-electron chi connectivity index (χ1n) is 13.4. The summed E-state index contributed by atoms with van der Waals surface area (Å²) in [5.74, 6) is -0.316. The number of rotatable bonds is 9. The van der Waals surface area contributed by atoms with E-state index < -0.39 is 6.04 Å². The van der Waals surface area contributed by atoms with Gasteiger partial charge in [-0.3, -0.25) is 9.99 Å². The van der Waals surface area contributed by atoms with E-state index >= 15 is 4.39 Å². The zero-order valence-electron chi connectivity index (χ0n) is 22.0. The Hall–Kier alpha value is -4.32. The van der Waals surface area contributed by atoms with Gasteiger partial charge in [-0.2, -0.15) is 5.26 Å². The Balaban J connectivity index is 1.42. The lowest BCUT2D eigenvalue weighted by Gasteiger charge is -2.24. The highest BCUT2D eigenvalue weighted by molar-refractivity contribution is 6.35. The van der Waals surface area contributed by atoms with Crippen LogP contribution in [0, 0.1) is 17.1 Å². The second-order valence-corrected chi connectivity index (χ2v) is 10.5. The summed E-state index contributed by atoms with van der Waals surface area (Å²) in [6.45, 7) is 2.10. The van der Waals surface area contributed by atoms with Gasteiger partial charge in [-0.05, 0) is 43.0 Å². The number of hydrogen-bond acceptors (Lipinski definition) is 7. The number of pyridine rings is 1. The number of nitrogens with zero attached hydrogens (tertiary/aromatic N) is 3. The van der Waals surface area contributed by atoms with Crippen molar-refractivity contribution in [1.29, 1.82) is 5.26 Å². The summed E-state index contributed by atoms with van der Waals surface area (Å²) >= 11 is 6.77. The summed E-state index contributed by atoms with van der Waals surface area (Å²) in [7, 11) is 0. The van der Waals surface area contributed by atoms with E-state index in [0.717, 1.165) is 30.5 Å². The van der Waals surface area contributed by atoms with Crippen molar-refractivity contribution in [1.82, 2.24) is 21.0 Å². The third-order valence-electron chi connectivity index (χ3n) is 7.36. The van der Waals surface area contributed by atoms with E-state index in [0.29, 0.717) is 44.5 Å². The molecule has 1 aliphatic heterocycles. The van der Waals surface area contributed by atoms with Crippen molar-refractivity contribution in [2.24, 2.45) is 0 Å². The largest absolute Gasteiger partial charge is 0.377 e. The van der Waals surface area contributed by atoms with Crippen LogP contribution in [-0.2, 0) is 0 Å². The molecule has 9 heteroatoms. The van der Waals surface area contributed by atoms with Gasteiger partial charge < -0.3 is 16.1 Å². The van der Waals surface area contributed by atoms with Gasteiger partial charge in [0.05, 0.1) is 39.6 Å². The highest BCUT2D eigenvalue weighted by Crippen LogP contribution is 2.38. The fourth-order valence-electron chi connectivity index (χ4n) is 5.10. The van der Waals surface area contributed by atoms with Gasteiger partial charge in [0.15, 0.2) is 0 Å². The van der Waals surface area contributed by atoms with Crippen molar-refractivity contribution >= 4 is 33.9 Å². The van der Waals surface area contributed by atoms with Crippen LogP contribution in [0.3, 0.4) is 0 Å². The maximum atomic E-state index is 15.1. The van der Waals surface area contributed by atoms with Gasteiger partial charge in [0.25, 0.3) is 0 Å². The molecule has 6 rings (SSSR count). The fraction of sp³-hybridized carbons (Fsp3) is 0.226. The summed E-state index contributed by atoms with van der Waals surface area (Å²) in [6, 6.07) is 22.7. The minimum Gasteiger partial charge on any atom is -0.377 e. The summed E-state index contributed by atoms with van der Waals surface area (Å²) in [4.78, 5) is 4.50. The minimum atomic E-state index is -0.526. The third-order valence-corrected chi connectivity index (χ3v) is 7.65. The first kappa shape index (κ1) is 25.9. The number of halogens is 2. The summed E-state index contributed by atoms with van der Waals surface area (Å²) in [6.07, 6.45) is 6.57. The second-order valence-electron chi connectivity index (χ2n) is 10.1. The van der Waals surface area contributed by atoms with Crippen LogP contribution in [0.25, 0.3) is 10.9 Å². The molecule has 2 atom stereocenters. The number of hydrogen-bond donors (Lipinski definition) is 4. The molecule has 1 aromatic heterocycles. The molecule has 1 saturated carbocycles. The molecule has 0 amide bonds. The van der Waals surface area contributed by atoms with Gasteiger partial charge in [0.2, 0.25) is 0 Å². The first-order chi connectivity index (χ1) is 19.6. The van der Waals surface area contributed by atoms with E-state index in [4.69, 9.17) is 11.6 Å². The molecule has 4 N–H and O–H groups in total. The van der Waals surface area contributed by atoms with Crippen molar-refractivity contribution in [2.75, 3.05) is 10.6 Å². The lowest BCUT2D eigenvalue weighted by Crippen LogP contribution is -2.38. The molecule has 4 aromatic rings. The van der Waals surface area contributed by atoms with E-state index in [-0.39, 0.29) is 11.9 Å². The van der Waals surface area contributed by atoms with Crippen LogP contribution >= 0.6 is 11.6 Å². The summed E-state index contributed by atoms with van der Waals surface area (Å²) in [5.41, 5.74) is 11.1. The molecule has 2 heterocycles. The van der Waals surface area contributed by atoms with E-state index in [1.807, 2.05) is 41.5 Å². The molecule has 0 unspecified atom stereocenters. The molecule has 7 nitrogen and oxygen atoms in total. The number of anilines is 2. The van der Waals surface area contributed by atoms with E-state index in [1.54, 1.807) is 24.4 Å². The normalized spacial score (nSPS) is 16.1. The lowest BCUT2D eigenvalue weighted by molar-refractivity contribution is 0.260. The van der Waals surface area contributed by atoms with Gasteiger partial charge in [0.1, 0.15) is 11.9 Å². The Morgan fingerprint density at radius 2 is 1.90 bits per heavy atom. The molecule has 1 fully saturated rings. The Labute approximate surface area is 237 Å².